The van der Waals surface area contributed by atoms with E-state index in [1.54, 1.807) is 0 Å². The molecule has 0 N–H and O–H groups in total. The summed E-state index contributed by atoms with van der Waals surface area (Å²) >= 11 is 0. The quantitative estimate of drug-likeness (QED) is 0.213. The number of nitrogens with zero attached hydrogens (tertiary/aromatic N) is 2. The van der Waals surface area contributed by atoms with Gasteiger partial charge in [0.2, 0.25) is 0 Å². The summed E-state index contributed by atoms with van der Waals surface area (Å²) in [6.07, 6.45) is 0. The minimum absolute atomic E-state index is 0.106. The van der Waals surface area contributed by atoms with Gasteiger partial charge in [-0.3, -0.25) is 0 Å². The number of fused-ring (bicyclic) bond motifs is 10. The van der Waals surface area contributed by atoms with Gasteiger partial charge in [0.1, 0.15) is 0 Å². The van der Waals surface area contributed by atoms with Crippen molar-refractivity contribution in [3.63, 3.8) is 0 Å². The van der Waals surface area contributed by atoms with E-state index in [1.807, 2.05) is 0 Å². The van der Waals surface area contributed by atoms with Gasteiger partial charge >= 0.3 is 0 Å². The monoisotopic (exact) mass is 524 g/mol. The summed E-state index contributed by atoms with van der Waals surface area (Å²) in [6, 6.07) is 49.0. The molecule has 0 radical (unpaired) electrons. The summed E-state index contributed by atoms with van der Waals surface area (Å²) in [6.45, 7) is 4.77. The maximum Gasteiger partial charge on any atom is 0.0588 e. The molecule has 0 fully saturated rings. The molecule has 0 unspecified atom stereocenters. The Morgan fingerprint density at radius 3 is 1.88 bits per heavy atom. The summed E-state index contributed by atoms with van der Waals surface area (Å²) in [7, 11) is 0. The topological polar surface area (TPSA) is 9.86 Å². The SMILES string of the molecule is CC1(C)c2ccccc2-c2ccc3c4ccccc4n(-c4ccc5c(c4)c4ccccc4n5-c4ccccc4)c3c21. The van der Waals surface area contributed by atoms with Crippen LogP contribution in [0.5, 0.6) is 0 Å². The fraction of sp³-hybridized carbons (Fsp3) is 0.0769. The van der Waals surface area contributed by atoms with Gasteiger partial charge in [0.25, 0.3) is 0 Å². The van der Waals surface area contributed by atoms with Gasteiger partial charge in [-0.05, 0) is 64.7 Å². The van der Waals surface area contributed by atoms with Crippen LogP contribution < -0.4 is 0 Å². The minimum atomic E-state index is -0.106. The van der Waals surface area contributed by atoms with Crippen LogP contribution in [-0.2, 0) is 5.41 Å². The third-order valence-corrected chi connectivity index (χ3v) is 9.28. The molecular formula is C39H28N2. The van der Waals surface area contributed by atoms with Gasteiger partial charge in [-0.15, -0.1) is 0 Å². The van der Waals surface area contributed by atoms with E-state index in [4.69, 9.17) is 0 Å². The van der Waals surface area contributed by atoms with Crippen LogP contribution in [0, 0.1) is 0 Å². The van der Waals surface area contributed by atoms with Crippen molar-refractivity contribution in [1.29, 1.82) is 0 Å². The van der Waals surface area contributed by atoms with Crippen molar-refractivity contribution in [3.05, 3.63) is 145 Å². The normalized spacial score (nSPS) is 13.8. The lowest BCUT2D eigenvalue weighted by Gasteiger charge is -2.23. The Hall–Kier alpha value is -5.08. The molecule has 2 nitrogen and oxygen atoms in total. The van der Waals surface area contributed by atoms with Crippen molar-refractivity contribution >= 4 is 43.6 Å². The van der Waals surface area contributed by atoms with Gasteiger partial charge < -0.3 is 9.13 Å². The Labute approximate surface area is 238 Å². The van der Waals surface area contributed by atoms with Crippen LogP contribution in [-0.4, -0.2) is 9.13 Å². The first-order valence-corrected chi connectivity index (χ1v) is 14.4. The smallest absolute Gasteiger partial charge is 0.0588 e. The molecule has 2 heterocycles. The molecule has 0 bridgehead atoms. The highest BCUT2D eigenvalue weighted by Gasteiger charge is 2.38. The van der Waals surface area contributed by atoms with Gasteiger partial charge in [0.05, 0.1) is 22.1 Å². The fourth-order valence-corrected chi connectivity index (χ4v) is 7.54. The molecule has 2 aromatic heterocycles. The van der Waals surface area contributed by atoms with E-state index < -0.39 is 0 Å². The zero-order valence-corrected chi connectivity index (χ0v) is 23.1. The van der Waals surface area contributed by atoms with E-state index in [9.17, 15) is 0 Å². The van der Waals surface area contributed by atoms with Crippen molar-refractivity contribution < 1.29 is 0 Å². The molecule has 0 saturated heterocycles. The maximum absolute atomic E-state index is 2.52. The van der Waals surface area contributed by atoms with Crippen molar-refractivity contribution in [1.82, 2.24) is 9.13 Å². The molecule has 194 valence electrons. The Kier molecular flexibility index (Phi) is 4.42. The lowest BCUT2D eigenvalue weighted by Crippen LogP contribution is -2.16. The van der Waals surface area contributed by atoms with Crippen LogP contribution in [0.4, 0.5) is 0 Å². The Morgan fingerprint density at radius 2 is 1.07 bits per heavy atom. The van der Waals surface area contributed by atoms with E-state index in [0.29, 0.717) is 0 Å². The van der Waals surface area contributed by atoms with E-state index in [-0.39, 0.29) is 5.41 Å². The Balaban J connectivity index is 1.41. The molecular weight excluding hydrogens is 496 g/mol. The summed E-state index contributed by atoms with van der Waals surface area (Å²) in [5.41, 5.74) is 12.8. The second-order valence-electron chi connectivity index (χ2n) is 11.8. The van der Waals surface area contributed by atoms with Crippen LogP contribution in [0.3, 0.4) is 0 Å². The average Bonchev–Trinajstić information content (AvgIpc) is 3.61. The van der Waals surface area contributed by atoms with E-state index >= 15 is 0 Å². The van der Waals surface area contributed by atoms with Gasteiger partial charge in [-0.2, -0.15) is 0 Å². The number of aromatic nitrogens is 2. The van der Waals surface area contributed by atoms with E-state index in [2.05, 4.69) is 156 Å². The number of benzene rings is 6. The first-order chi connectivity index (χ1) is 20.1. The van der Waals surface area contributed by atoms with Crippen molar-refractivity contribution in [2.75, 3.05) is 0 Å². The lowest BCUT2D eigenvalue weighted by molar-refractivity contribution is 0.664. The molecule has 0 atom stereocenters. The number of hydrogen-bond acceptors (Lipinski definition) is 0. The highest BCUT2D eigenvalue weighted by Crippen LogP contribution is 2.53. The Morgan fingerprint density at radius 1 is 0.439 bits per heavy atom. The van der Waals surface area contributed by atoms with Gasteiger partial charge in [0, 0.05) is 38.3 Å². The van der Waals surface area contributed by atoms with Crippen molar-refractivity contribution in [2.45, 2.75) is 19.3 Å². The molecule has 0 spiro atoms. The molecule has 2 heteroatoms. The molecule has 6 aromatic carbocycles. The van der Waals surface area contributed by atoms with E-state index in [0.717, 1.165) is 0 Å². The van der Waals surface area contributed by atoms with Crippen LogP contribution >= 0.6 is 0 Å². The molecule has 0 saturated carbocycles. The second-order valence-corrected chi connectivity index (χ2v) is 11.8. The second kappa shape index (κ2) is 7.99. The Bertz CT molecular complexity index is 2330. The first-order valence-electron chi connectivity index (χ1n) is 14.4. The summed E-state index contributed by atoms with van der Waals surface area (Å²) in [4.78, 5) is 0. The molecule has 1 aliphatic rings. The number of para-hydroxylation sites is 3. The van der Waals surface area contributed by atoms with Crippen LogP contribution in [0.15, 0.2) is 133 Å². The van der Waals surface area contributed by atoms with Crippen LogP contribution in [0.2, 0.25) is 0 Å². The summed E-state index contributed by atoms with van der Waals surface area (Å²) in [5.74, 6) is 0. The first kappa shape index (κ1) is 22.7. The summed E-state index contributed by atoms with van der Waals surface area (Å²) in [5, 5.41) is 5.14. The zero-order valence-electron chi connectivity index (χ0n) is 23.1. The highest BCUT2D eigenvalue weighted by atomic mass is 15.0. The van der Waals surface area contributed by atoms with Gasteiger partial charge in [-0.25, -0.2) is 0 Å². The van der Waals surface area contributed by atoms with Gasteiger partial charge in [-0.1, -0.05) is 105 Å². The van der Waals surface area contributed by atoms with E-state index in [1.165, 1.54) is 77.2 Å². The third kappa shape index (κ3) is 2.92. The standard InChI is InChI=1S/C39H28N2/c1-39(2)33-17-9-6-14-27(33)30-21-22-31-28-15-7-11-19-35(28)41(38(31)37(30)39)26-20-23-36-32(24-26)29-16-8-10-18-34(29)40(36)25-12-4-3-5-13-25/h3-24H,1-2H3. The zero-order chi connectivity index (χ0) is 27.3. The molecule has 41 heavy (non-hydrogen) atoms. The van der Waals surface area contributed by atoms with Crippen molar-refractivity contribution in [3.8, 4) is 22.5 Å². The fourth-order valence-electron chi connectivity index (χ4n) is 7.54. The van der Waals surface area contributed by atoms with Crippen molar-refractivity contribution in [2.24, 2.45) is 0 Å². The number of hydrogen-bond donors (Lipinski definition) is 0. The molecule has 8 aromatic rings. The predicted molar refractivity (Wildman–Crippen MR) is 173 cm³/mol. The predicted octanol–water partition coefficient (Wildman–Crippen LogP) is 10.2. The lowest BCUT2D eigenvalue weighted by atomic mass is 9.81. The minimum Gasteiger partial charge on any atom is -0.309 e. The maximum atomic E-state index is 2.52. The van der Waals surface area contributed by atoms with Gasteiger partial charge in [0.15, 0.2) is 0 Å². The van der Waals surface area contributed by atoms with Crippen LogP contribution in [0.1, 0.15) is 25.0 Å². The number of rotatable bonds is 2. The molecule has 1 aliphatic carbocycles. The third-order valence-electron chi connectivity index (χ3n) is 9.28. The molecule has 0 amide bonds. The molecule has 9 rings (SSSR count). The largest absolute Gasteiger partial charge is 0.309 e. The highest BCUT2D eigenvalue weighted by molar-refractivity contribution is 6.14. The molecule has 0 aliphatic heterocycles. The van der Waals surface area contributed by atoms with Crippen LogP contribution in [0.25, 0.3) is 66.1 Å². The summed E-state index contributed by atoms with van der Waals surface area (Å²) < 4.78 is 4.91. The average molecular weight is 525 g/mol.